The Hall–Kier alpha value is -1.30. The molecule has 1 aromatic rings. The largest absolute Gasteiger partial charge is 0.496 e. The monoisotopic (exact) mass is 355 g/mol. The molecule has 3 N–H and O–H groups in total. The fourth-order valence-electron chi connectivity index (χ4n) is 3.15. The van der Waals surface area contributed by atoms with Crippen molar-refractivity contribution in [2.75, 3.05) is 26.7 Å². The lowest BCUT2D eigenvalue weighted by Crippen LogP contribution is -2.46. The zero-order valence-electron chi connectivity index (χ0n) is 14.7. The second kappa shape index (κ2) is 10.5. The molecule has 136 valence electrons. The smallest absolute Gasteiger partial charge is 0.221 e. The Balaban J connectivity index is 0.00000288. The van der Waals surface area contributed by atoms with Crippen molar-refractivity contribution in [3.8, 4) is 5.75 Å². The summed E-state index contributed by atoms with van der Waals surface area (Å²) in [5, 5.41) is 3.02. The van der Waals surface area contributed by atoms with Gasteiger partial charge in [0, 0.05) is 32.1 Å². The molecule has 0 aliphatic carbocycles. The molecule has 24 heavy (non-hydrogen) atoms. The molecule has 0 saturated carbocycles. The standard InChI is InChI=1S/C18H29N3O2.ClH/c1-14-6-7-15(11-17(14)23-2)13-21-10-4-3-5-16(21)12-20-18(22)8-9-19;/h6-7,11,16H,3-5,8-10,12-13,19H2,1-2H3,(H,20,22);1H. The molecule has 1 saturated heterocycles. The number of nitrogens with two attached hydrogens (primary N) is 1. The first-order valence-corrected chi connectivity index (χ1v) is 8.48. The lowest BCUT2D eigenvalue weighted by Gasteiger charge is -2.36. The van der Waals surface area contributed by atoms with Gasteiger partial charge in [0.1, 0.15) is 5.75 Å². The van der Waals surface area contributed by atoms with E-state index in [4.69, 9.17) is 10.5 Å². The molecule has 0 spiro atoms. The summed E-state index contributed by atoms with van der Waals surface area (Å²) in [7, 11) is 1.71. The van der Waals surface area contributed by atoms with Crippen molar-refractivity contribution in [3.05, 3.63) is 29.3 Å². The van der Waals surface area contributed by atoms with Gasteiger partial charge in [-0.1, -0.05) is 18.6 Å². The van der Waals surface area contributed by atoms with E-state index in [1.165, 1.54) is 18.4 Å². The summed E-state index contributed by atoms with van der Waals surface area (Å²) in [4.78, 5) is 14.1. The molecule has 1 aliphatic heterocycles. The van der Waals surface area contributed by atoms with Crippen LogP contribution in [0.1, 0.15) is 36.8 Å². The number of hydrogen-bond acceptors (Lipinski definition) is 4. The van der Waals surface area contributed by atoms with E-state index in [-0.39, 0.29) is 18.3 Å². The quantitative estimate of drug-likeness (QED) is 0.787. The van der Waals surface area contributed by atoms with E-state index in [0.717, 1.165) is 30.8 Å². The number of carbonyl (C=O) groups is 1. The predicted molar refractivity (Wildman–Crippen MR) is 99.7 cm³/mol. The number of methoxy groups -OCH3 is 1. The number of piperidine rings is 1. The van der Waals surface area contributed by atoms with E-state index in [0.29, 0.717) is 25.6 Å². The van der Waals surface area contributed by atoms with Gasteiger partial charge >= 0.3 is 0 Å². The van der Waals surface area contributed by atoms with E-state index < -0.39 is 0 Å². The highest BCUT2D eigenvalue weighted by molar-refractivity contribution is 5.85. The number of ether oxygens (including phenoxy) is 1. The summed E-state index contributed by atoms with van der Waals surface area (Å²) >= 11 is 0. The third-order valence-electron chi connectivity index (χ3n) is 4.51. The Morgan fingerprint density at radius 3 is 2.92 bits per heavy atom. The highest BCUT2D eigenvalue weighted by Crippen LogP contribution is 2.23. The minimum absolute atomic E-state index is 0. The molecule has 1 atom stereocenters. The number of amides is 1. The lowest BCUT2D eigenvalue weighted by molar-refractivity contribution is -0.121. The van der Waals surface area contributed by atoms with Gasteiger partial charge in [-0.2, -0.15) is 0 Å². The van der Waals surface area contributed by atoms with Crippen LogP contribution in [0.25, 0.3) is 0 Å². The van der Waals surface area contributed by atoms with Gasteiger partial charge in [-0.3, -0.25) is 9.69 Å². The van der Waals surface area contributed by atoms with Gasteiger partial charge in [0.05, 0.1) is 7.11 Å². The molecule has 1 heterocycles. The third kappa shape index (κ3) is 5.96. The van der Waals surface area contributed by atoms with Crippen molar-refractivity contribution in [1.82, 2.24) is 10.2 Å². The number of benzene rings is 1. The second-order valence-corrected chi connectivity index (χ2v) is 6.27. The van der Waals surface area contributed by atoms with Gasteiger partial charge in [0.15, 0.2) is 0 Å². The number of halogens is 1. The van der Waals surface area contributed by atoms with Crippen LogP contribution >= 0.6 is 12.4 Å². The fraction of sp³-hybridized carbons (Fsp3) is 0.611. The predicted octanol–water partition coefficient (Wildman–Crippen LogP) is 2.24. The first-order chi connectivity index (χ1) is 11.1. The van der Waals surface area contributed by atoms with Gasteiger partial charge in [-0.15, -0.1) is 12.4 Å². The minimum atomic E-state index is 0. The molecule has 1 amide bonds. The van der Waals surface area contributed by atoms with Gasteiger partial charge in [0.25, 0.3) is 0 Å². The summed E-state index contributed by atoms with van der Waals surface area (Å²) in [6.45, 7) is 5.15. The van der Waals surface area contributed by atoms with Crippen molar-refractivity contribution < 1.29 is 9.53 Å². The van der Waals surface area contributed by atoms with Crippen LogP contribution < -0.4 is 15.8 Å². The Kier molecular flexibility index (Phi) is 9.11. The average molecular weight is 356 g/mol. The molecule has 1 unspecified atom stereocenters. The fourth-order valence-corrected chi connectivity index (χ4v) is 3.15. The summed E-state index contributed by atoms with van der Waals surface area (Å²) in [5.74, 6) is 0.988. The van der Waals surface area contributed by atoms with E-state index in [1.807, 2.05) is 0 Å². The number of likely N-dealkylation sites (tertiary alicyclic amines) is 1. The van der Waals surface area contributed by atoms with E-state index in [1.54, 1.807) is 7.11 Å². The van der Waals surface area contributed by atoms with Crippen LogP contribution in [-0.2, 0) is 11.3 Å². The SMILES string of the molecule is COc1cc(CN2CCCCC2CNC(=O)CCN)ccc1C.Cl. The van der Waals surface area contributed by atoms with Crippen molar-refractivity contribution in [1.29, 1.82) is 0 Å². The van der Waals surface area contributed by atoms with E-state index in [9.17, 15) is 4.79 Å². The van der Waals surface area contributed by atoms with Crippen molar-refractivity contribution in [3.63, 3.8) is 0 Å². The molecule has 5 nitrogen and oxygen atoms in total. The Labute approximate surface area is 151 Å². The van der Waals surface area contributed by atoms with Crippen LogP contribution in [0.3, 0.4) is 0 Å². The van der Waals surface area contributed by atoms with Crippen molar-refractivity contribution in [2.24, 2.45) is 5.73 Å². The highest BCUT2D eigenvalue weighted by atomic mass is 35.5. The number of hydrogen-bond donors (Lipinski definition) is 2. The molecule has 0 radical (unpaired) electrons. The summed E-state index contributed by atoms with van der Waals surface area (Å²) in [5.41, 5.74) is 7.83. The van der Waals surface area contributed by atoms with Crippen LogP contribution in [0.15, 0.2) is 18.2 Å². The van der Waals surface area contributed by atoms with E-state index in [2.05, 4.69) is 35.3 Å². The maximum atomic E-state index is 11.6. The Morgan fingerprint density at radius 1 is 1.42 bits per heavy atom. The molecule has 0 bridgehead atoms. The first-order valence-electron chi connectivity index (χ1n) is 8.48. The highest BCUT2D eigenvalue weighted by Gasteiger charge is 2.23. The van der Waals surface area contributed by atoms with Gasteiger partial charge in [-0.05, 0) is 43.5 Å². The number of aryl methyl sites for hydroxylation is 1. The summed E-state index contributed by atoms with van der Waals surface area (Å²) < 4.78 is 5.42. The maximum absolute atomic E-state index is 11.6. The summed E-state index contributed by atoms with van der Waals surface area (Å²) in [6.07, 6.45) is 3.98. The normalized spacial score (nSPS) is 17.9. The zero-order valence-corrected chi connectivity index (χ0v) is 15.5. The van der Waals surface area contributed by atoms with Crippen molar-refractivity contribution >= 4 is 18.3 Å². The van der Waals surface area contributed by atoms with Gasteiger partial charge in [0.2, 0.25) is 5.91 Å². The van der Waals surface area contributed by atoms with Gasteiger partial charge in [-0.25, -0.2) is 0 Å². The molecular formula is C18H30ClN3O2. The second-order valence-electron chi connectivity index (χ2n) is 6.27. The number of rotatable bonds is 7. The van der Waals surface area contributed by atoms with E-state index >= 15 is 0 Å². The van der Waals surface area contributed by atoms with Crippen LogP contribution in [0, 0.1) is 6.92 Å². The van der Waals surface area contributed by atoms with Crippen LogP contribution in [0.4, 0.5) is 0 Å². The van der Waals surface area contributed by atoms with Gasteiger partial charge < -0.3 is 15.8 Å². The Morgan fingerprint density at radius 2 is 2.21 bits per heavy atom. The van der Waals surface area contributed by atoms with Crippen molar-refractivity contribution in [2.45, 2.75) is 45.2 Å². The Bertz CT molecular complexity index is 525. The first kappa shape index (κ1) is 20.7. The molecule has 2 rings (SSSR count). The third-order valence-corrected chi connectivity index (χ3v) is 4.51. The molecular weight excluding hydrogens is 326 g/mol. The molecule has 6 heteroatoms. The minimum Gasteiger partial charge on any atom is -0.496 e. The average Bonchev–Trinajstić information content (AvgIpc) is 2.56. The molecule has 1 aromatic carbocycles. The topological polar surface area (TPSA) is 67.6 Å². The van der Waals surface area contributed by atoms with Crippen LogP contribution in [0.2, 0.25) is 0 Å². The number of nitrogens with one attached hydrogen (secondary N) is 1. The summed E-state index contributed by atoms with van der Waals surface area (Å²) in [6, 6.07) is 6.79. The zero-order chi connectivity index (χ0) is 16.7. The number of nitrogens with zero attached hydrogens (tertiary/aromatic N) is 1. The lowest BCUT2D eigenvalue weighted by atomic mass is 10.0. The van der Waals surface area contributed by atoms with Crippen LogP contribution in [-0.4, -0.2) is 43.6 Å². The maximum Gasteiger partial charge on any atom is 0.221 e. The molecule has 1 aliphatic rings. The molecule has 1 fully saturated rings. The molecule has 0 aromatic heterocycles. The van der Waals surface area contributed by atoms with Crippen LogP contribution in [0.5, 0.6) is 5.75 Å². The number of carbonyl (C=O) groups excluding carboxylic acids is 1.